The van der Waals surface area contributed by atoms with Crippen molar-refractivity contribution in [3.05, 3.63) is 101 Å². The van der Waals surface area contributed by atoms with E-state index in [1.807, 2.05) is 41.3 Å². The van der Waals surface area contributed by atoms with Crippen molar-refractivity contribution in [3.63, 3.8) is 0 Å². The molecule has 0 radical (unpaired) electrons. The lowest BCUT2D eigenvalue weighted by Gasteiger charge is -2.42. The molecule has 3 aromatic rings. The Morgan fingerprint density at radius 3 is 2.16 bits per heavy atom. The van der Waals surface area contributed by atoms with E-state index in [9.17, 15) is 28.8 Å². The summed E-state index contributed by atoms with van der Waals surface area (Å²) in [6.07, 6.45) is 10.0. The van der Waals surface area contributed by atoms with Gasteiger partial charge in [-0.2, -0.15) is 0 Å². The highest BCUT2D eigenvalue weighted by Crippen LogP contribution is 2.35. The number of nitrogens with two attached hydrogens (primary N) is 1. The van der Waals surface area contributed by atoms with E-state index in [0.29, 0.717) is 64.9 Å². The van der Waals surface area contributed by atoms with Gasteiger partial charge < -0.3 is 30.9 Å². The molecule has 5 fully saturated rings. The van der Waals surface area contributed by atoms with Gasteiger partial charge >= 0.3 is 0 Å². The molecule has 0 bridgehead atoms. The van der Waals surface area contributed by atoms with Gasteiger partial charge in [0, 0.05) is 82.0 Å². The van der Waals surface area contributed by atoms with Gasteiger partial charge in [-0.1, -0.05) is 18.2 Å². The van der Waals surface area contributed by atoms with Crippen LogP contribution in [0.3, 0.4) is 0 Å². The number of carbonyl (C=O) groups is 6. The maximum atomic E-state index is 13.4. The molecular formula is C51H61N9O7. The molecule has 0 spiro atoms. The first-order valence-electron chi connectivity index (χ1n) is 24.1. The van der Waals surface area contributed by atoms with E-state index >= 15 is 0 Å². The number of likely N-dealkylation sites (tertiary alicyclic amines) is 1. The van der Waals surface area contributed by atoms with Crippen molar-refractivity contribution >= 4 is 46.8 Å². The number of nitrogens with zero attached hydrogens (tertiary/aromatic N) is 4. The standard InChI is InChI=1S/C51H61N9O7/c52-46(34-11-16-38(17-12-34)67-37-6-2-1-3-7-37)45(47(53)63)48-54-24-21-41(55-48)33-22-25-59(26-23-33)44(62)8-4-5-32-9-13-35(14-10-32)57-27-29-58(30-28-57)36-15-18-39-40(31-36)51(66)60(50(39)65)42-19-20-43(61)56-49(42)64/h1-3,6-7,11-12,15-18,31-33,35,41-42,52,54-55H,4-5,8-10,13-14,19-30H2,(H2,53,63)(H,56,61,64)/b48-45+,52-46?/t32?,35?,41-,42?/m0/s1. The number of amides is 6. The van der Waals surface area contributed by atoms with Gasteiger partial charge in [0.2, 0.25) is 17.7 Å². The summed E-state index contributed by atoms with van der Waals surface area (Å²) in [6.45, 7) is 5.55. The third-order valence-electron chi connectivity index (χ3n) is 14.9. The summed E-state index contributed by atoms with van der Waals surface area (Å²) in [4.78, 5) is 84.7. The zero-order valence-corrected chi connectivity index (χ0v) is 38.0. The summed E-state index contributed by atoms with van der Waals surface area (Å²) >= 11 is 0. The van der Waals surface area contributed by atoms with Gasteiger partial charge in [0.1, 0.15) is 28.9 Å². The normalized spacial score (nSPS) is 24.6. The van der Waals surface area contributed by atoms with Gasteiger partial charge in [-0.05, 0) is 131 Å². The first kappa shape index (κ1) is 45.6. The Morgan fingerprint density at radius 1 is 0.761 bits per heavy atom. The summed E-state index contributed by atoms with van der Waals surface area (Å²) in [5, 5.41) is 18.0. The van der Waals surface area contributed by atoms with Crippen LogP contribution in [0.4, 0.5) is 5.69 Å². The molecule has 1 unspecified atom stereocenters. The van der Waals surface area contributed by atoms with Crippen LogP contribution in [0, 0.1) is 17.2 Å². The number of para-hydroxylation sites is 1. The Hall–Kier alpha value is -6.55. The molecule has 6 amide bonds. The van der Waals surface area contributed by atoms with Crippen molar-refractivity contribution in [2.45, 2.75) is 95.2 Å². The zero-order chi connectivity index (χ0) is 46.6. The van der Waals surface area contributed by atoms with Crippen molar-refractivity contribution in [1.29, 1.82) is 5.41 Å². The van der Waals surface area contributed by atoms with Gasteiger partial charge in [0.15, 0.2) is 0 Å². The summed E-state index contributed by atoms with van der Waals surface area (Å²) in [5.41, 5.74) is 8.09. The molecule has 4 saturated heterocycles. The average molecular weight is 912 g/mol. The van der Waals surface area contributed by atoms with Gasteiger partial charge in [0.05, 0.1) is 16.8 Å². The van der Waals surface area contributed by atoms with Gasteiger partial charge in [-0.15, -0.1) is 0 Å². The van der Waals surface area contributed by atoms with E-state index in [1.165, 1.54) is 12.8 Å². The molecule has 2 atom stereocenters. The number of fused-ring (bicyclic) bond motifs is 1. The fourth-order valence-electron chi connectivity index (χ4n) is 11.1. The molecule has 16 nitrogen and oxygen atoms in total. The summed E-state index contributed by atoms with van der Waals surface area (Å²) in [6, 6.07) is 21.5. The number of nitrogens with one attached hydrogen (secondary N) is 4. The van der Waals surface area contributed by atoms with Gasteiger partial charge in [-0.25, -0.2) is 0 Å². The van der Waals surface area contributed by atoms with Crippen LogP contribution < -0.4 is 31.3 Å². The SMILES string of the molecule is N=C(/C(C(N)=O)=C1/NCC[C@@H](C2CCN(C(=O)CCCC3CCC(N4CCN(c5ccc6c(c5)C(=O)N(C5CCC(=O)NC5=O)C6=O)CC4)CC3)CC2)N1)c1ccc(Oc2ccccc2)cc1. The molecule has 5 aliphatic heterocycles. The Kier molecular flexibility index (Phi) is 13.7. The van der Waals surface area contributed by atoms with Crippen molar-refractivity contribution in [1.82, 2.24) is 30.7 Å². The monoisotopic (exact) mass is 911 g/mol. The molecule has 6 aliphatic rings. The molecule has 6 N–H and O–H groups in total. The predicted octanol–water partition coefficient (Wildman–Crippen LogP) is 4.69. The van der Waals surface area contributed by atoms with E-state index in [4.69, 9.17) is 15.9 Å². The number of carbonyl (C=O) groups excluding carboxylic acids is 6. The maximum absolute atomic E-state index is 13.4. The molecule has 352 valence electrons. The molecule has 1 aliphatic carbocycles. The highest BCUT2D eigenvalue weighted by atomic mass is 16.5. The molecule has 5 heterocycles. The molecule has 0 aromatic heterocycles. The second kappa shape index (κ2) is 20.1. The molecule has 3 aromatic carbocycles. The summed E-state index contributed by atoms with van der Waals surface area (Å²) in [7, 11) is 0. The number of piperazine rings is 1. The smallest absolute Gasteiger partial charge is 0.262 e. The highest BCUT2D eigenvalue weighted by Gasteiger charge is 2.45. The number of piperidine rings is 2. The number of primary amides is 1. The lowest BCUT2D eigenvalue weighted by atomic mass is 9.82. The van der Waals surface area contributed by atoms with E-state index in [1.54, 1.807) is 36.4 Å². The fraction of sp³-hybridized carbons (Fsp3) is 0.471. The minimum Gasteiger partial charge on any atom is -0.457 e. The number of hydrogen-bond donors (Lipinski definition) is 5. The van der Waals surface area contributed by atoms with E-state index in [0.717, 1.165) is 94.8 Å². The molecule has 16 heteroatoms. The number of anilines is 1. The lowest BCUT2D eigenvalue weighted by molar-refractivity contribution is -0.136. The number of imide groups is 2. The van der Waals surface area contributed by atoms with Crippen LogP contribution >= 0.6 is 0 Å². The maximum Gasteiger partial charge on any atom is 0.262 e. The molecule has 1 saturated carbocycles. The van der Waals surface area contributed by atoms with Crippen molar-refractivity contribution < 1.29 is 33.5 Å². The lowest BCUT2D eigenvalue weighted by Crippen LogP contribution is -2.54. The van der Waals surface area contributed by atoms with Crippen molar-refractivity contribution in [2.24, 2.45) is 17.6 Å². The minimum absolute atomic E-state index is 0.0386. The molecule has 9 rings (SSSR count). The number of benzene rings is 3. The zero-order valence-electron chi connectivity index (χ0n) is 38.0. The van der Waals surface area contributed by atoms with E-state index in [-0.39, 0.29) is 36.1 Å². The number of rotatable bonds is 13. The second-order valence-electron chi connectivity index (χ2n) is 18.9. The Balaban J connectivity index is 0.680. The average Bonchev–Trinajstić information content (AvgIpc) is 3.59. The van der Waals surface area contributed by atoms with E-state index in [2.05, 4.69) is 25.8 Å². The van der Waals surface area contributed by atoms with Crippen LogP contribution in [0.2, 0.25) is 0 Å². The Labute approximate surface area is 391 Å². The van der Waals surface area contributed by atoms with Crippen molar-refractivity contribution in [3.8, 4) is 11.5 Å². The third-order valence-corrected chi connectivity index (χ3v) is 14.9. The number of hydrogen-bond acceptors (Lipinski definition) is 12. The molecular weight excluding hydrogens is 851 g/mol. The quantitative estimate of drug-likeness (QED) is 0.0903. The Morgan fingerprint density at radius 2 is 1.46 bits per heavy atom. The Bertz CT molecular complexity index is 2420. The van der Waals surface area contributed by atoms with Crippen LogP contribution in [-0.2, 0) is 19.2 Å². The highest BCUT2D eigenvalue weighted by molar-refractivity contribution is 6.27. The minimum atomic E-state index is -0.975. The van der Waals surface area contributed by atoms with Gasteiger partial charge in [-0.3, -0.25) is 49.3 Å². The second-order valence-corrected chi connectivity index (χ2v) is 18.9. The van der Waals surface area contributed by atoms with E-state index < -0.39 is 35.6 Å². The van der Waals surface area contributed by atoms with Crippen LogP contribution in [0.5, 0.6) is 11.5 Å². The first-order chi connectivity index (χ1) is 32.5. The van der Waals surface area contributed by atoms with Crippen LogP contribution in [0.1, 0.15) is 103 Å². The fourth-order valence-corrected chi connectivity index (χ4v) is 11.1. The summed E-state index contributed by atoms with van der Waals surface area (Å²) < 4.78 is 5.90. The van der Waals surface area contributed by atoms with Crippen LogP contribution in [0.15, 0.2) is 84.2 Å². The predicted molar refractivity (Wildman–Crippen MR) is 251 cm³/mol. The van der Waals surface area contributed by atoms with Crippen molar-refractivity contribution in [2.75, 3.05) is 50.7 Å². The topological polar surface area (TPSA) is 211 Å². The first-order valence-corrected chi connectivity index (χ1v) is 24.1. The number of ether oxygens (including phenoxy) is 1. The third kappa shape index (κ3) is 10.1. The summed E-state index contributed by atoms with van der Waals surface area (Å²) in [5.74, 6) is 0.375. The van der Waals surface area contributed by atoms with Crippen LogP contribution in [0.25, 0.3) is 0 Å². The molecule has 67 heavy (non-hydrogen) atoms. The van der Waals surface area contributed by atoms with Gasteiger partial charge in [0.25, 0.3) is 17.7 Å². The largest absolute Gasteiger partial charge is 0.457 e. The van der Waals surface area contributed by atoms with Crippen LogP contribution in [-0.4, -0.2) is 120 Å².